The van der Waals surface area contributed by atoms with E-state index in [9.17, 15) is 9.90 Å². The summed E-state index contributed by atoms with van der Waals surface area (Å²) in [5.41, 5.74) is -0.491. The highest BCUT2D eigenvalue weighted by atomic mass is 16.4. The zero-order chi connectivity index (χ0) is 15.5. The van der Waals surface area contributed by atoms with Gasteiger partial charge in [-0.05, 0) is 37.5 Å². The molecule has 3 nitrogen and oxygen atoms in total. The molecule has 0 bridgehead atoms. The topological polar surface area (TPSA) is 40.5 Å². The predicted octanol–water partition coefficient (Wildman–Crippen LogP) is 4.17. The van der Waals surface area contributed by atoms with Crippen LogP contribution in [0.5, 0.6) is 0 Å². The van der Waals surface area contributed by atoms with E-state index in [1.54, 1.807) is 0 Å². The van der Waals surface area contributed by atoms with Crippen molar-refractivity contribution in [3.05, 3.63) is 0 Å². The Bertz CT molecular complexity index is 349. The van der Waals surface area contributed by atoms with Crippen LogP contribution in [0.25, 0.3) is 0 Å². The van der Waals surface area contributed by atoms with Gasteiger partial charge >= 0.3 is 5.97 Å². The number of nitrogens with zero attached hydrogens (tertiary/aromatic N) is 1. The fourth-order valence-corrected chi connectivity index (χ4v) is 4.54. The van der Waals surface area contributed by atoms with Crippen LogP contribution in [0.3, 0.4) is 0 Å². The summed E-state index contributed by atoms with van der Waals surface area (Å²) in [5, 5.41) is 9.91. The Hall–Kier alpha value is -0.570. The van der Waals surface area contributed by atoms with Crippen LogP contribution in [0.1, 0.15) is 72.1 Å². The highest BCUT2D eigenvalue weighted by molar-refractivity contribution is 5.75. The lowest BCUT2D eigenvalue weighted by Crippen LogP contribution is -2.49. The Labute approximate surface area is 130 Å². The minimum Gasteiger partial charge on any atom is -0.481 e. The van der Waals surface area contributed by atoms with E-state index in [1.807, 2.05) is 0 Å². The van der Waals surface area contributed by atoms with Crippen LogP contribution in [-0.4, -0.2) is 35.1 Å². The molecule has 0 saturated heterocycles. The largest absolute Gasteiger partial charge is 0.481 e. The monoisotopic (exact) mass is 295 g/mol. The number of hydrogen-bond donors (Lipinski definition) is 1. The maximum atomic E-state index is 12.0. The van der Waals surface area contributed by atoms with E-state index in [-0.39, 0.29) is 0 Å². The minimum atomic E-state index is -0.555. The maximum absolute atomic E-state index is 12.0. The molecule has 2 unspecified atom stereocenters. The number of carboxylic acid groups (broad SMARTS) is 1. The fourth-order valence-electron chi connectivity index (χ4n) is 4.54. The van der Waals surface area contributed by atoms with Crippen molar-refractivity contribution in [2.45, 2.75) is 78.2 Å². The van der Waals surface area contributed by atoms with E-state index in [4.69, 9.17) is 0 Å². The third kappa shape index (κ3) is 4.21. The van der Waals surface area contributed by atoms with Crippen molar-refractivity contribution < 1.29 is 9.90 Å². The summed E-state index contributed by atoms with van der Waals surface area (Å²) >= 11 is 0. The molecule has 2 aliphatic rings. The second kappa shape index (κ2) is 7.13. The smallest absolute Gasteiger partial charge is 0.310 e. The Balaban J connectivity index is 2.12. The highest BCUT2D eigenvalue weighted by Gasteiger charge is 2.44. The van der Waals surface area contributed by atoms with Crippen molar-refractivity contribution in [1.82, 2.24) is 4.90 Å². The Morgan fingerprint density at radius 3 is 2.43 bits per heavy atom. The van der Waals surface area contributed by atoms with Gasteiger partial charge in [0.15, 0.2) is 0 Å². The van der Waals surface area contributed by atoms with E-state index in [2.05, 4.69) is 25.7 Å². The van der Waals surface area contributed by atoms with Crippen molar-refractivity contribution in [2.75, 3.05) is 13.1 Å². The van der Waals surface area contributed by atoms with E-state index in [0.717, 1.165) is 32.4 Å². The van der Waals surface area contributed by atoms with Crippen LogP contribution in [0.4, 0.5) is 0 Å². The second-order valence-electron chi connectivity index (χ2n) is 8.05. The second-order valence-corrected chi connectivity index (χ2v) is 8.05. The zero-order valence-corrected chi connectivity index (χ0v) is 14.1. The quantitative estimate of drug-likeness (QED) is 0.799. The zero-order valence-electron chi connectivity index (χ0n) is 14.1. The van der Waals surface area contributed by atoms with Gasteiger partial charge in [0, 0.05) is 19.1 Å². The summed E-state index contributed by atoms with van der Waals surface area (Å²) in [7, 11) is 0. The molecule has 2 aliphatic carbocycles. The molecule has 0 aromatic carbocycles. The van der Waals surface area contributed by atoms with Crippen molar-refractivity contribution in [2.24, 2.45) is 17.3 Å². The highest BCUT2D eigenvalue weighted by Crippen LogP contribution is 2.41. The standard InChI is InChI=1S/C18H33NO2/c1-14(2)12-19(16-8-4-5-9-16)13-18(17(20)21)10-6-7-15(3)11-18/h14-16H,4-13H2,1-3H3,(H,20,21). The number of rotatable bonds is 6. The molecule has 0 aromatic heterocycles. The lowest BCUT2D eigenvalue weighted by molar-refractivity contribution is -0.154. The van der Waals surface area contributed by atoms with Gasteiger partial charge in [0.1, 0.15) is 0 Å². The molecule has 0 aromatic rings. The molecule has 0 spiro atoms. The number of aliphatic carboxylic acids is 1. The molecular formula is C18H33NO2. The Kier molecular flexibility index (Phi) is 5.70. The summed E-state index contributed by atoms with van der Waals surface area (Å²) in [6.45, 7) is 8.54. The molecule has 0 amide bonds. The lowest BCUT2D eigenvalue weighted by atomic mass is 9.69. The van der Waals surface area contributed by atoms with E-state index in [0.29, 0.717) is 17.9 Å². The fraction of sp³-hybridized carbons (Fsp3) is 0.944. The molecule has 2 rings (SSSR count). The molecule has 2 fully saturated rings. The van der Waals surface area contributed by atoms with Crippen LogP contribution in [0, 0.1) is 17.3 Å². The molecule has 3 heteroatoms. The SMILES string of the molecule is CC(C)CN(CC1(C(=O)O)CCCC(C)C1)C1CCCC1. The van der Waals surface area contributed by atoms with Crippen molar-refractivity contribution in [3.63, 3.8) is 0 Å². The Morgan fingerprint density at radius 1 is 1.24 bits per heavy atom. The molecule has 21 heavy (non-hydrogen) atoms. The first-order chi connectivity index (χ1) is 9.93. The molecule has 122 valence electrons. The molecule has 2 saturated carbocycles. The van der Waals surface area contributed by atoms with Gasteiger partial charge in [0.05, 0.1) is 5.41 Å². The minimum absolute atomic E-state index is 0.491. The molecule has 0 aliphatic heterocycles. The molecular weight excluding hydrogens is 262 g/mol. The van der Waals surface area contributed by atoms with Gasteiger partial charge in [0.2, 0.25) is 0 Å². The van der Waals surface area contributed by atoms with Gasteiger partial charge < -0.3 is 5.11 Å². The van der Waals surface area contributed by atoms with Crippen LogP contribution < -0.4 is 0 Å². The molecule has 2 atom stereocenters. The van der Waals surface area contributed by atoms with E-state index < -0.39 is 11.4 Å². The average molecular weight is 295 g/mol. The van der Waals surface area contributed by atoms with Gasteiger partial charge in [-0.1, -0.05) is 46.5 Å². The first-order valence-electron chi connectivity index (χ1n) is 8.90. The van der Waals surface area contributed by atoms with Gasteiger partial charge in [-0.3, -0.25) is 9.69 Å². The van der Waals surface area contributed by atoms with Crippen molar-refractivity contribution >= 4 is 5.97 Å². The number of carbonyl (C=O) groups is 1. The van der Waals surface area contributed by atoms with Gasteiger partial charge in [-0.15, -0.1) is 0 Å². The third-order valence-electron chi connectivity index (χ3n) is 5.49. The van der Waals surface area contributed by atoms with Crippen LogP contribution in [0.2, 0.25) is 0 Å². The van der Waals surface area contributed by atoms with Crippen molar-refractivity contribution in [3.8, 4) is 0 Å². The average Bonchev–Trinajstić information content (AvgIpc) is 2.91. The lowest BCUT2D eigenvalue weighted by Gasteiger charge is -2.42. The molecule has 1 N–H and O–H groups in total. The summed E-state index contributed by atoms with van der Waals surface area (Å²) in [6, 6.07) is 0.626. The molecule has 0 radical (unpaired) electrons. The van der Waals surface area contributed by atoms with E-state index in [1.165, 1.54) is 32.1 Å². The first kappa shape index (κ1) is 16.8. The van der Waals surface area contributed by atoms with Crippen molar-refractivity contribution in [1.29, 1.82) is 0 Å². The van der Waals surface area contributed by atoms with Gasteiger partial charge in [0.25, 0.3) is 0 Å². The number of carboxylic acids is 1. The summed E-state index contributed by atoms with van der Waals surface area (Å²) < 4.78 is 0. The van der Waals surface area contributed by atoms with Crippen LogP contribution in [0.15, 0.2) is 0 Å². The summed E-state index contributed by atoms with van der Waals surface area (Å²) in [4.78, 5) is 14.6. The van der Waals surface area contributed by atoms with E-state index >= 15 is 0 Å². The summed E-state index contributed by atoms with van der Waals surface area (Å²) in [5.74, 6) is 0.609. The predicted molar refractivity (Wildman–Crippen MR) is 86.4 cm³/mol. The summed E-state index contributed by atoms with van der Waals surface area (Å²) in [6.07, 6.45) is 9.16. The maximum Gasteiger partial charge on any atom is 0.310 e. The third-order valence-corrected chi connectivity index (χ3v) is 5.49. The normalized spacial score (nSPS) is 31.2. The van der Waals surface area contributed by atoms with Crippen LogP contribution >= 0.6 is 0 Å². The van der Waals surface area contributed by atoms with Crippen LogP contribution in [-0.2, 0) is 4.79 Å². The Morgan fingerprint density at radius 2 is 1.90 bits per heavy atom. The van der Waals surface area contributed by atoms with Gasteiger partial charge in [-0.2, -0.15) is 0 Å². The number of hydrogen-bond acceptors (Lipinski definition) is 2. The first-order valence-corrected chi connectivity index (χ1v) is 8.90. The molecule has 0 heterocycles. The van der Waals surface area contributed by atoms with Gasteiger partial charge in [-0.25, -0.2) is 0 Å².